The lowest BCUT2D eigenvalue weighted by Gasteiger charge is -2.17. The fourth-order valence-electron chi connectivity index (χ4n) is 4.55. The van der Waals surface area contributed by atoms with Crippen molar-refractivity contribution in [2.45, 2.75) is 33.4 Å². The molecule has 0 aliphatic carbocycles. The summed E-state index contributed by atoms with van der Waals surface area (Å²) in [6, 6.07) is 20.3. The zero-order chi connectivity index (χ0) is 26.8. The molecule has 194 valence electrons. The van der Waals surface area contributed by atoms with Gasteiger partial charge in [0.25, 0.3) is 0 Å². The molecule has 0 aliphatic heterocycles. The molecule has 0 bridgehead atoms. The monoisotopic (exact) mass is 516 g/mol. The molecule has 0 amide bonds. The predicted octanol–water partition coefficient (Wildman–Crippen LogP) is 7.34. The third-order valence-corrected chi connectivity index (χ3v) is 6.64. The van der Waals surface area contributed by atoms with E-state index in [2.05, 4.69) is 61.8 Å². The number of rotatable bonds is 8. The van der Waals surface area contributed by atoms with Crippen LogP contribution in [0, 0.1) is 13.8 Å². The third-order valence-electron chi connectivity index (χ3n) is 6.64. The first-order valence-electron chi connectivity index (χ1n) is 12.8. The largest absolute Gasteiger partial charge is 0.467 e. The van der Waals surface area contributed by atoms with Crippen molar-refractivity contribution in [2.24, 2.45) is 0 Å². The Morgan fingerprint density at radius 2 is 1.72 bits per heavy atom. The summed E-state index contributed by atoms with van der Waals surface area (Å²) in [6.45, 7) is 6.61. The average molecular weight is 517 g/mol. The molecule has 1 atom stereocenters. The van der Waals surface area contributed by atoms with Crippen LogP contribution < -0.4 is 10.6 Å². The number of furan rings is 2. The van der Waals surface area contributed by atoms with Crippen LogP contribution in [0.4, 0.5) is 11.8 Å². The molecule has 2 aromatic carbocycles. The summed E-state index contributed by atoms with van der Waals surface area (Å²) in [5, 5.41) is 7.81. The Morgan fingerprint density at radius 3 is 2.54 bits per heavy atom. The van der Waals surface area contributed by atoms with Crippen molar-refractivity contribution in [3.05, 3.63) is 108 Å². The summed E-state index contributed by atoms with van der Waals surface area (Å²) in [5.74, 6) is 2.86. The first-order valence-corrected chi connectivity index (χ1v) is 12.8. The van der Waals surface area contributed by atoms with Crippen molar-refractivity contribution in [1.29, 1.82) is 0 Å². The van der Waals surface area contributed by atoms with Gasteiger partial charge in [-0.3, -0.25) is 0 Å². The Bertz CT molecular complexity index is 1720. The molecular weight excluding hydrogens is 488 g/mol. The second-order valence-electron chi connectivity index (χ2n) is 9.54. The van der Waals surface area contributed by atoms with E-state index < -0.39 is 0 Å². The maximum Gasteiger partial charge on any atom is 0.222 e. The quantitative estimate of drug-likeness (QED) is 0.217. The first-order chi connectivity index (χ1) is 19.0. The Balaban J connectivity index is 1.18. The summed E-state index contributed by atoms with van der Waals surface area (Å²) in [5.41, 5.74) is 6.98. The van der Waals surface area contributed by atoms with Gasteiger partial charge in [0.15, 0.2) is 0 Å². The summed E-state index contributed by atoms with van der Waals surface area (Å²) in [6.07, 6.45) is 7.08. The number of aryl methyl sites for hydroxylation is 2. The molecule has 0 saturated carbocycles. The highest BCUT2D eigenvalue weighted by atomic mass is 16.3. The summed E-state index contributed by atoms with van der Waals surface area (Å²) in [4.78, 5) is 18.3. The van der Waals surface area contributed by atoms with Gasteiger partial charge in [0.2, 0.25) is 5.95 Å². The van der Waals surface area contributed by atoms with Crippen molar-refractivity contribution in [1.82, 2.24) is 19.9 Å². The van der Waals surface area contributed by atoms with Crippen molar-refractivity contribution in [3.63, 3.8) is 0 Å². The second kappa shape index (κ2) is 10.4. The van der Waals surface area contributed by atoms with E-state index >= 15 is 0 Å². The molecule has 8 nitrogen and oxygen atoms in total. The zero-order valence-electron chi connectivity index (χ0n) is 22.0. The maximum absolute atomic E-state index is 5.60. The Morgan fingerprint density at radius 1 is 0.846 bits per heavy atom. The van der Waals surface area contributed by atoms with Crippen LogP contribution in [-0.2, 0) is 6.54 Å². The fourth-order valence-corrected chi connectivity index (χ4v) is 4.55. The van der Waals surface area contributed by atoms with Gasteiger partial charge in [0.05, 0.1) is 24.8 Å². The van der Waals surface area contributed by atoms with E-state index in [1.54, 1.807) is 12.5 Å². The average Bonchev–Trinajstić information content (AvgIpc) is 3.61. The van der Waals surface area contributed by atoms with E-state index in [1.807, 2.05) is 62.6 Å². The van der Waals surface area contributed by atoms with Gasteiger partial charge in [0, 0.05) is 41.0 Å². The standard InChI is InChI=1S/C31H28N6O2/c1-19-18-39-29-10-9-24(13-27(19)29)28-14-30(37-21(3)36-28)35-20(2)22-6-4-7-23(12-22)25-15-32-31(33-16-25)34-17-26-8-5-11-38-26/h4-16,18,20H,17H2,1-3H3,(H,32,33,34)(H,35,36,37). The van der Waals surface area contributed by atoms with E-state index in [-0.39, 0.29) is 6.04 Å². The number of nitrogens with zero attached hydrogens (tertiary/aromatic N) is 4. The van der Waals surface area contributed by atoms with Gasteiger partial charge >= 0.3 is 0 Å². The molecule has 4 aromatic heterocycles. The van der Waals surface area contributed by atoms with Crippen LogP contribution in [-0.4, -0.2) is 19.9 Å². The minimum atomic E-state index is 0.0147. The van der Waals surface area contributed by atoms with Crippen LogP contribution in [0.3, 0.4) is 0 Å². The zero-order valence-corrected chi connectivity index (χ0v) is 22.0. The van der Waals surface area contributed by atoms with Crippen molar-refractivity contribution in [2.75, 3.05) is 10.6 Å². The number of benzene rings is 2. The number of hydrogen-bond donors (Lipinski definition) is 2. The van der Waals surface area contributed by atoms with E-state index in [1.165, 1.54) is 0 Å². The molecule has 0 fully saturated rings. The SMILES string of the molecule is Cc1nc(NC(C)c2cccc(-c3cnc(NCc4ccco4)nc3)c2)cc(-c2ccc3occ(C)c3c2)n1. The number of anilines is 2. The predicted molar refractivity (Wildman–Crippen MR) is 152 cm³/mol. The topological polar surface area (TPSA) is 102 Å². The first kappa shape index (κ1) is 24.4. The van der Waals surface area contributed by atoms with Crippen LogP contribution in [0.5, 0.6) is 0 Å². The Kier molecular flexibility index (Phi) is 6.50. The maximum atomic E-state index is 5.60. The normalized spacial score (nSPS) is 12.0. The fraction of sp³-hybridized carbons (Fsp3) is 0.161. The lowest BCUT2D eigenvalue weighted by atomic mass is 10.0. The summed E-state index contributed by atoms with van der Waals surface area (Å²) >= 11 is 0. The molecule has 0 saturated heterocycles. The van der Waals surface area contributed by atoms with Crippen LogP contribution >= 0.6 is 0 Å². The lowest BCUT2D eigenvalue weighted by Crippen LogP contribution is -2.09. The molecule has 4 heterocycles. The molecule has 0 spiro atoms. The highest BCUT2D eigenvalue weighted by molar-refractivity contribution is 5.85. The molecule has 2 N–H and O–H groups in total. The number of fused-ring (bicyclic) bond motifs is 1. The molecule has 8 heteroatoms. The third kappa shape index (κ3) is 5.36. The number of nitrogens with one attached hydrogen (secondary N) is 2. The summed E-state index contributed by atoms with van der Waals surface area (Å²) in [7, 11) is 0. The van der Waals surface area contributed by atoms with E-state index in [0.29, 0.717) is 18.3 Å². The van der Waals surface area contributed by atoms with Crippen LogP contribution in [0.2, 0.25) is 0 Å². The van der Waals surface area contributed by atoms with Crippen molar-refractivity contribution < 1.29 is 8.83 Å². The molecule has 0 radical (unpaired) electrons. The van der Waals surface area contributed by atoms with Gasteiger partial charge in [-0.15, -0.1) is 0 Å². The van der Waals surface area contributed by atoms with Gasteiger partial charge in [-0.1, -0.05) is 18.2 Å². The van der Waals surface area contributed by atoms with Crippen LogP contribution in [0.25, 0.3) is 33.4 Å². The molecule has 6 aromatic rings. The molecule has 1 unspecified atom stereocenters. The second-order valence-corrected chi connectivity index (χ2v) is 9.54. The lowest BCUT2D eigenvalue weighted by molar-refractivity contribution is 0.517. The Hall–Kier alpha value is -4.98. The van der Waals surface area contributed by atoms with Gasteiger partial charge < -0.3 is 19.5 Å². The van der Waals surface area contributed by atoms with Crippen LogP contribution in [0.15, 0.2) is 94.4 Å². The van der Waals surface area contributed by atoms with Gasteiger partial charge in [0.1, 0.15) is 23.0 Å². The molecular formula is C31H28N6O2. The van der Waals surface area contributed by atoms with Gasteiger partial charge in [-0.2, -0.15) is 0 Å². The smallest absolute Gasteiger partial charge is 0.222 e. The highest BCUT2D eigenvalue weighted by Crippen LogP contribution is 2.29. The van der Waals surface area contributed by atoms with Crippen LogP contribution in [0.1, 0.15) is 35.7 Å². The molecule has 6 rings (SSSR count). The minimum absolute atomic E-state index is 0.0147. The van der Waals surface area contributed by atoms with Gasteiger partial charge in [-0.05, 0) is 73.9 Å². The number of hydrogen-bond acceptors (Lipinski definition) is 8. The highest BCUT2D eigenvalue weighted by Gasteiger charge is 2.12. The molecule has 0 aliphatic rings. The van der Waals surface area contributed by atoms with E-state index in [9.17, 15) is 0 Å². The summed E-state index contributed by atoms with van der Waals surface area (Å²) < 4.78 is 10.9. The Labute approximate surface area is 226 Å². The van der Waals surface area contributed by atoms with E-state index in [4.69, 9.17) is 8.83 Å². The van der Waals surface area contributed by atoms with E-state index in [0.717, 1.165) is 56.1 Å². The van der Waals surface area contributed by atoms with Crippen molar-refractivity contribution in [3.8, 4) is 22.4 Å². The molecule has 39 heavy (non-hydrogen) atoms. The minimum Gasteiger partial charge on any atom is -0.467 e. The van der Waals surface area contributed by atoms with Gasteiger partial charge in [-0.25, -0.2) is 19.9 Å². The number of aromatic nitrogens is 4. The van der Waals surface area contributed by atoms with Crippen molar-refractivity contribution >= 4 is 22.7 Å².